The summed E-state index contributed by atoms with van der Waals surface area (Å²) >= 11 is 0. The molecule has 0 bridgehead atoms. The topological polar surface area (TPSA) is 35.5 Å². The molecule has 4 heteroatoms. The molecule has 3 nitrogen and oxygen atoms in total. The van der Waals surface area contributed by atoms with Crippen LogP contribution in [0.5, 0.6) is 5.75 Å². The lowest BCUT2D eigenvalue weighted by Gasteiger charge is -2.09. The van der Waals surface area contributed by atoms with Gasteiger partial charge in [-0.05, 0) is 48.0 Å². The standard InChI is InChI=1S/C24H17FO3/c25-21-12-10-18(11-13-21)23-15-20(24(26)28-23)14-19-8-4-5-9-22(19)27-16-17-6-2-1-3-7-17/h1-15H,16H2. The van der Waals surface area contributed by atoms with E-state index in [2.05, 4.69) is 0 Å². The van der Waals surface area contributed by atoms with Gasteiger partial charge >= 0.3 is 5.97 Å². The maximum Gasteiger partial charge on any atom is 0.343 e. The first-order chi connectivity index (χ1) is 13.7. The first-order valence-corrected chi connectivity index (χ1v) is 8.86. The number of carbonyl (C=O) groups is 1. The summed E-state index contributed by atoms with van der Waals surface area (Å²) in [5.74, 6) is 0.292. The van der Waals surface area contributed by atoms with Crippen molar-refractivity contribution in [1.82, 2.24) is 0 Å². The molecule has 3 aromatic rings. The van der Waals surface area contributed by atoms with Gasteiger partial charge < -0.3 is 9.47 Å². The van der Waals surface area contributed by atoms with Crippen molar-refractivity contribution in [1.29, 1.82) is 0 Å². The molecule has 0 fully saturated rings. The third-order valence-electron chi connectivity index (χ3n) is 4.32. The number of carbonyl (C=O) groups excluding carboxylic acids is 1. The Balaban J connectivity index is 1.58. The van der Waals surface area contributed by atoms with Crippen molar-refractivity contribution in [3.63, 3.8) is 0 Å². The van der Waals surface area contributed by atoms with E-state index in [1.165, 1.54) is 12.1 Å². The first-order valence-electron chi connectivity index (χ1n) is 8.86. The SMILES string of the molecule is O=C1OC(c2ccc(F)cc2)=CC1=Cc1ccccc1OCc1ccccc1. The van der Waals surface area contributed by atoms with Crippen molar-refractivity contribution in [2.75, 3.05) is 0 Å². The highest BCUT2D eigenvalue weighted by Gasteiger charge is 2.22. The minimum absolute atomic E-state index is 0.339. The van der Waals surface area contributed by atoms with Gasteiger partial charge in [0.05, 0.1) is 5.57 Å². The Labute approximate surface area is 162 Å². The molecule has 28 heavy (non-hydrogen) atoms. The lowest BCUT2D eigenvalue weighted by Crippen LogP contribution is -1.99. The molecule has 1 heterocycles. The van der Waals surface area contributed by atoms with Gasteiger partial charge in [-0.2, -0.15) is 0 Å². The second-order valence-corrected chi connectivity index (χ2v) is 6.32. The van der Waals surface area contributed by atoms with Crippen molar-refractivity contribution in [2.45, 2.75) is 6.61 Å². The summed E-state index contributed by atoms with van der Waals surface area (Å²) in [6.45, 7) is 0.433. The minimum atomic E-state index is -0.447. The Morgan fingerprint density at radius 3 is 2.39 bits per heavy atom. The molecule has 1 aliphatic rings. The quantitative estimate of drug-likeness (QED) is 0.445. The van der Waals surface area contributed by atoms with E-state index < -0.39 is 5.97 Å². The summed E-state index contributed by atoms with van der Waals surface area (Å²) < 4.78 is 24.4. The van der Waals surface area contributed by atoms with Crippen molar-refractivity contribution in [2.24, 2.45) is 0 Å². The highest BCUT2D eigenvalue weighted by Crippen LogP contribution is 2.29. The number of rotatable bonds is 5. The van der Waals surface area contributed by atoms with Crippen LogP contribution in [0.4, 0.5) is 4.39 Å². The molecule has 0 unspecified atom stereocenters. The van der Waals surface area contributed by atoms with E-state index in [0.717, 1.165) is 11.1 Å². The van der Waals surface area contributed by atoms with Crippen LogP contribution in [0, 0.1) is 5.82 Å². The van der Waals surface area contributed by atoms with E-state index in [9.17, 15) is 9.18 Å². The zero-order valence-corrected chi connectivity index (χ0v) is 15.0. The van der Waals surface area contributed by atoms with Crippen molar-refractivity contribution in [3.8, 4) is 5.75 Å². The van der Waals surface area contributed by atoms with E-state index >= 15 is 0 Å². The Hall–Kier alpha value is -3.66. The van der Waals surface area contributed by atoms with Crippen LogP contribution in [0.1, 0.15) is 16.7 Å². The molecule has 0 saturated heterocycles. The predicted molar refractivity (Wildman–Crippen MR) is 106 cm³/mol. The lowest BCUT2D eigenvalue weighted by molar-refractivity contribution is -0.130. The summed E-state index contributed by atoms with van der Waals surface area (Å²) in [5, 5.41) is 0. The van der Waals surface area contributed by atoms with Crippen LogP contribution in [0.3, 0.4) is 0 Å². The van der Waals surface area contributed by atoms with E-state index in [1.807, 2.05) is 54.6 Å². The molecule has 0 amide bonds. The number of cyclic esters (lactones) is 1. The number of ether oxygens (including phenoxy) is 2. The monoisotopic (exact) mass is 372 g/mol. The molecule has 0 atom stereocenters. The summed E-state index contributed by atoms with van der Waals surface area (Å²) in [6, 6.07) is 23.2. The number of para-hydroxylation sites is 1. The van der Waals surface area contributed by atoms with Gasteiger partial charge in [-0.25, -0.2) is 9.18 Å². The average molecular weight is 372 g/mol. The fourth-order valence-corrected chi connectivity index (χ4v) is 2.88. The average Bonchev–Trinajstić information content (AvgIpc) is 3.09. The van der Waals surface area contributed by atoms with Crippen molar-refractivity contribution in [3.05, 3.63) is 113 Å². The van der Waals surface area contributed by atoms with Crippen molar-refractivity contribution >= 4 is 17.8 Å². The maximum atomic E-state index is 13.1. The molecule has 0 N–H and O–H groups in total. The van der Waals surface area contributed by atoms with Crippen LogP contribution in [0.25, 0.3) is 11.8 Å². The van der Waals surface area contributed by atoms with Gasteiger partial charge in [0, 0.05) is 11.1 Å². The smallest absolute Gasteiger partial charge is 0.343 e. The predicted octanol–water partition coefficient (Wildman–Crippen LogP) is 5.39. The lowest BCUT2D eigenvalue weighted by atomic mass is 10.1. The third-order valence-corrected chi connectivity index (χ3v) is 4.32. The van der Waals surface area contributed by atoms with Crippen molar-refractivity contribution < 1.29 is 18.7 Å². The molecular weight excluding hydrogens is 355 g/mol. The zero-order chi connectivity index (χ0) is 19.3. The van der Waals surface area contributed by atoms with Gasteiger partial charge in [-0.3, -0.25) is 0 Å². The molecule has 0 aliphatic carbocycles. The minimum Gasteiger partial charge on any atom is -0.488 e. The number of esters is 1. The fourth-order valence-electron chi connectivity index (χ4n) is 2.88. The fraction of sp³-hybridized carbons (Fsp3) is 0.0417. The van der Waals surface area contributed by atoms with Crippen LogP contribution < -0.4 is 4.74 Å². The van der Waals surface area contributed by atoms with Crippen LogP contribution in [0.2, 0.25) is 0 Å². The third kappa shape index (κ3) is 4.01. The maximum absolute atomic E-state index is 13.1. The highest BCUT2D eigenvalue weighted by atomic mass is 19.1. The Kier molecular flexibility index (Phi) is 5.02. The second-order valence-electron chi connectivity index (χ2n) is 6.32. The molecule has 0 radical (unpaired) electrons. The highest BCUT2D eigenvalue weighted by molar-refractivity contribution is 6.05. The van der Waals surface area contributed by atoms with Gasteiger partial charge in [-0.15, -0.1) is 0 Å². The number of halogens is 1. The van der Waals surface area contributed by atoms with Gasteiger partial charge in [0.15, 0.2) is 0 Å². The molecule has 1 aliphatic heterocycles. The normalized spacial score (nSPS) is 14.7. The molecule has 138 valence electrons. The summed E-state index contributed by atoms with van der Waals surface area (Å²) in [5.41, 5.74) is 2.90. The second kappa shape index (κ2) is 7.92. The number of hydrogen-bond donors (Lipinski definition) is 0. The molecule has 0 aromatic heterocycles. The zero-order valence-electron chi connectivity index (χ0n) is 15.0. The number of benzene rings is 3. The van der Waals surface area contributed by atoms with E-state index in [1.54, 1.807) is 24.3 Å². The van der Waals surface area contributed by atoms with Gasteiger partial charge in [0.25, 0.3) is 0 Å². The summed E-state index contributed by atoms with van der Waals surface area (Å²) in [6.07, 6.45) is 3.39. The molecule has 0 spiro atoms. The summed E-state index contributed by atoms with van der Waals surface area (Å²) in [7, 11) is 0. The Morgan fingerprint density at radius 1 is 0.893 bits per heavy atom. The van der Waals surface area contributed by atoms with Gasteiger partial charge in [0.1, 0.15) is 23.9 Å². The summed E-state index contributed by atoms with van der Waals surface area (Å²) in [4.78, 5) is 12.3. The van der Waals surface area contributed by atoms with Crippen LogP contribution >= 0.6 is 0 Å². The Bertz CT molecular complexity index is 1050. The van der Waals surface area contributed by atoms with Gasteiger partial charge in [0.2, 0.25) is 0 Å². The molecule has 3 aromatic carbocycles. The van der Waals surface area contributed by atoms with Gasteiger partial charge in [-0.1, -0.05) is 48.5 Å². The molecule has 4 rings (SSSR count). The van der Waals surface area contributed by atoms with E-state index in [4.69, 9.17) is 9.47 Å². The molecular formula is C24H17FO3. The first kappa shape index (κ1) is 17.7. The van der Waals surface area contributed by atoms with Crippen LogP contribution in [-0.4, -0.2) is 5.97 Å². The van der Waals surface area contributed by atoms with E-state index in [0.29, 0.717) is 29.3 Å². The van der Waals surface area contributed by atoms with E-state index in [-0.39, 0.29) is 5.82 Å². The molecule has 0 saturated carbocycles. The number of hydrogen-bond acceptors (Lipinski definition) is 3. The Morgan fingerprint density at radius 2 is 1.61 bits per heavy atom. The van der Waals surface area contributed by atoms with Crippen LogP contribution in [0.15, 0.2) is 90.5 Å². The largest absolute Gasteiger partial charge is 0.488 e. The van der Waals surface area contributed by atoms with Crippen LogP contribution in [-0.2, 0) is 16.1 Å².